The van der Waals surface area contributed by atoms with Gasteiger partial charge in [-0.1, -0.05) is 11.2 Å². The molecule has 5 rings (SSSR count). The van der Waals surface area contributed by atoms with Crippen LogP contribution in [-0.2, 0) is 0 Å². The van der Waals surface area contributed by atoms with Crippen molar-refractivity contribution >= 4 is 11.8 Å². The molecule has 2 aromatic carbocycles. The smallest absolute Gasteiger partial charge is 0.289 e. The van der Waals surface area contributed by atoms with Gasteiger partial charge in [-0.25, -0.2) is 4.39 Å². The summed E-state index contributed by atoms with van der Waals surface area (Å²) in [5.41, 5.74) is 1.72. The van der Waals surface area contributed by atoms with E-state index in [1.165, 1.54) is 18.4 Å². The predicted octanol–water partition coefficient (Wildman–Crippen LogP) is 3.73. The number of furan rings is 1. The van der Waals surface area contributed by atoms with Crippen LogP contribution in [0.2, 0.25) is 0 Å². The highest BCUT2D eigenvalue weighted by Crippen LogP contribution is 2.24. The molecule has 9 heteroatoms. The predicted molar refractivity (Wildman–Crippen MR) is 116 cm³/mol. The van der Waals surface area contributed by atoms with Crippen LogP contribution in [0.5, 0.6) is 0 Å². The van der Waals surface area contributed by atoms with E-state index < -0.39 is 0 Å². The van der Waals surface area contributed by atoms with Crippen LogP contribution in [0.4, 0.5) is 4.39 Å². The van der Waals surface area contributed by atoms with Gasteiger partial charge in [-0.2, -0.15) is 4.98 Å². The summed E-state index contributed by atoms with van der Waals surface area (Å²) < 4.78 is 23.7. The molecule has 2 amide bonds. The monoisotopic (exact) mass is 446 g/mol. The normalized spacial score (nSPS) is 13.8. The molecule has 0 atom stereocenters. The Morgan fingerprint density at radius 3 is 2.27 bits per heavy atom. The second-order valence-corrected chi connectivity index (χ2v) is 7.57. The number of aromatic nitrogens is 2. The summed E-state index contributed by atoms with van der Waals surface area (Å²) in [6.07, 6.45) is 1.46. The molecule has 1 saturated heterocycles. The molecule has 0 unspecified atom stereocenters. The number of nitrogens with zero attached hydrogens (tertiary/aromatic N) is 4. The van der Waals surface area contributed by atoms with Gasteiger partial charge < -0.3 is 18.7 Å². The lowest BCUT2D eigenvalue weighted by Gasteiger charge is -2.34. The van der Waals surface area contributed by atoms with Crippen molar-refractivity contribution in [2.45, 2.75) is 0 Å². The second-order valence-electron chi connectivity index (χ2n) is 7.57. The SMILES string of the molecule is O=C(c1cccc(-c2nc(-c3ccc(F)cc3)no2)c1)N1CCN(C(=O)c2ccco2)CC1. The van der Waals surface area contributed by atoms with Crippen LogP contribution in [0.3, 0.4) is 0 Å². The van der Waals surface area contributed by atoms with Crippen LogP contribution in [-0.4, -0.2) is 57.9 Å². The van der Waals surface area contributed by atoms with Crippen molar-refractivity contribution in [1.29, 1.82) is 0 Å². The number of hydrogen-bond acceptors (Lipinski definition) is 6. The third kappa shape index (κ3) is 4.25. The summed E-state index contributed by atoms with van der Waals surface area (Å²) in [5.74, 6) is 0.224. The molecule has 0 bridgehead atoms. The summed E-state index contributed by atoms with van der Waals surface area (Å²) in [6.45, 7) is 1.70. The summed E-state index contributed by atoms with van der Waals surface area (Å²) in [6, 6.07) is 16.0. The number of hydrogen-bond donors (Lipinski definition) is 0. The van der Waals surface area contributed by atoms with E-state index >= 15 is 0 Å². The molecule has 0 N–H and O–H groups in total. The molecule has 166 valence electrons. The van der Waals surface area contributed by atoms with Gasteiger partial charge in [0.1, 0.15) is 5.82 Å². The molecule has 1 aliphatic heterocycles. The summed E-state index contributed by atoms with van der Waals surface area (Å²) in [5, 5.41) is 3.95. The van der Waals surface area contributed by atoms with Gasteiger partial charge in [0, 0.05) is 42.9 Å². The van der Waals surface area contributed by atoms with Crippen LogP contribution in [0.25, 0.3) is 22.8 Å². The lowest BCUT2D eigenvalue weighted by atomic mass is 10.1. The fraction of sp³-hybridized carbons (Fsp3) is 0.167. The molecule has 0 saturated carbocycles. The Bertz CT molecular complexity index is 1280. The Balaban J connectivity index is 1.27. The summed E-state index contributed by atoms with van der Waals surface area (Å²) in [7, 11) is 0. The van der Waals surface area contributed by atoms with E-state index in [1.54, 1.807) is 58.3 Å². The van der Waals surface area contributed by atoms with E-state index in [9.17, 15) is 14.0 Å². The molecule has 0 radical (unpaired) electrons. The average Bonchev–Trinajstić information content (AvgIpc) is 3.57. The zero-order valence-electron chi connectivity index (χ0n) is 17.5. The minimum atomic E-state index is -0.347. The van der Waals surface area contributed by atoms with Crippen LogP contribution >= 0.6 is 0 Å². The van der Waals surface area contributed by atoms with E-state index in [4.69, 9.17) is 8.94 Å². The van der Waals surface area contributed by atoms with Crippen LogP contribution in [0, 0.1) is 5.82 Å². The molecular weight excluding hydrogens is 427 g/mol. The van der Waals surface area contributed by atoms with Crippen molar-refractivity contribution in [3.8, 4) is 22.8 Å². The van der Waals surface area contributed by atoms with Crippen molar-refractivity contribution < 1.29 is 22.9 Å². The first kappa shape index (κ1) is 20.6. The Hall–Kier alpha value is -4.27. The van der Waals surface area contributed by atoms with Gasteiger partial charge in [0.05, 0.1) is 6.26 Å². The molecule has 2 aromatic heterocycles. The third-order valence-electron chi connectivity index (χ3n) is 5.47. The van der Waals surface area contributed by atoms with Gasteiger partial charge in [0.15, 0.2) is 5.76 Å². The fourth-order valence-corrected chi connectivity index (χ4v) is 3.69. The first-order valence-electron chi connectivity index (χ1n) is 10.4. The quantitative estimate of drug-likeness (QED) is 0.474. The standard InChI is InChI=1S/C24H19FN4O4/c25-19-8-6-16(7-9-19)21-26-22(33-27-21)17-3-1-4-18(15-17)23(30)28-10-12-29(13-11-28)24(31)20-5-2-14-32-20/h1-9,14-15H,10-13H2. The molecule has 3 heterocycles. The molecule has 33 heavy (non-hydrogen) atoms. The first-order chi connectivity index (χ1) is 16.1. The fourth-order valence-electron chi connectivity index (χ4n) is 3.69. The van der Waals surface area contributed by atoms with Crippen molar-refractivity contribution in [2.24, 2.45) is 0 Å². The molecule has 1 aliphatic rings. The highest BCUT2D eigenvalue weighted by atomic mass is 19.1. The first-order valence-corrected chi connectivity index (χ1v) is 10.4. The third-order valence-corrected chi connectivity index (χ3v) is 5.47. The minimum Gasteiger partial charge on any atom is -0.459 e. The van der Waals surface area contributed by atoms with Crippen molar-refractivity contribution in [1.82, 2.24) is 19.9 Å². The Morgan fingerprint density at radius 1 is 0.848 bits per heavy atom. The van der Waals surface area contributed by atoms with Gasteiger partial charge in [-0.15, -0.1) is 0 Å². The number of piperazine rings is 1. The van der Waals surface area contributed by atoms with E-state index in [0.29, 0.717) is 54.5 Å². The Labute approximate surface area is 188 Å². The van der Waals surface area contributed by atoms with Gasteiger partial charge in [0.25, 0.3) is 17.7 Å². The average molecular weight is 446 g/mol. The van der Waals surface area contributed by atoms with Crippen molar-refractivity contribution in [2.75, 3.05) is 26.2 Å². The summed E-state index contributed by atoms with van der Waals surface area (Å²) >= 11 is 0. The highest BCUT2D eigenvalue weighted by Gasteiger charge is 2.27. The molecule has 8 nitrogen and oxygen atoms in total. The van der Waals surface area contributed by atoms with Gasteiger partial charge >= 0.3 is 0 Å². The van der Waals surface area contributed by atoms with E-state index in [1.807, 2.05) is 0 Å². The minimum absolute atomic E-state index is 0.139. The van der Waals surface area contributed by atoms with Gasteiger partial charge in [0.2, 0.25) is 5.82 Å². The zero-order valence-corrected chi connectivity index (χ0v) is 17.5. The number of carbonyl (C=O) groups excluding carboxylic acids is 2. The van der Waals surface area contributed by atoms with Crippen LogP contribution in [0.1, 0.15) is 20.9 Å². The number of carbonyl (C=O) groups is 2. The van der Waals surface area contributed by atoms with Crippen LogP contribution in [0.15, 0.2) is 75.9 Å². The maximum Gasteiger partial charge on any atom is 0.289 e. The number of halogens is 1. The molecule has 1 fully saturated rings. The van der Waals surface area contributed by atoms with Gasteiger partial charge in [-0.3, -0.25) is 9.59 Å². The van der Waals surface area contributed by atoms with Crippen LogP contribution < -0.4 is 0 Å². The number of rotatable bonds is 4. The van der Waals surface area contributed by atoms with Crippen molar-refractivity contribution in [3.05, 3.63) is 84.1 Å². The largest absolute Gasteiger partial charge is 0.459 e. The van der Waals surface area contributed by atoms with Gasteiger partial charge in [-0.05, 0) is 54.6 Å². The highest BCUT2D eigenvalue weighted by molar-refractivity contribution is 5.96. The van der Waals surface area contributed by atoms with E-state index in [2.05, 4.69) is 10.1 Å². The zero-order chi connectivity index (χ0) is 22.8. The number of benzene rings is 2. The summed E-state index contributed by atoms with van der Waals surface area (Å²) in [4.78, 5) is 33.2. The second kappa shape index (κ2) is 8.70. The lowest BCUT2D eigenvalue weighted by molar-refractivity contribution is 0.0518. The topological polar surface area (TPSA) is 92.7 Å². The number of amides is 2. The van der Waals surface area contributed by atoms with Crippen molar-refractivity contribution in [3.63, 3.8) is 0 Å². The molecular formula is C24H19FN4O4. The molecule has 4 aromatic rings. The molecule has 0 aliphatic carbocycles. The Morgan fingerprint density at radius 2 is 1.58 bits per heavy atom. The maximum atomic E-state index is 13.1. The Kier molecular flexibility index (Phi) is 5.43. The van der Waals surface area contributed by atoms with E-state index in [-0.39, 0.29) is 23.5 Å². The lowest BCUT2D eigenvalue weighted by Crippen LogP contribution is -2.50. The molecule has 0 spiro atoms. The van der Waals surface area contributed by atoms with E-state index in [0.717, 1.165) is 0 Å². The maximum absolute atomic E-state index is 13.1.